The lowest BCUT2D eigenvalue weighted by Crippen LogP contribution is -2.26. The molecule has 5 nitrogen and oxygen atoms in total. The van der Waals surface area contributed by atoms with Gasteiger partial charge in [0.1, 0.15) is 0 Å². The highest BCUT2D eigenvalue weighted by Crippen LogP contribution is 2.21. The van der Waals surface area contributed by atoms with Gasteiger partial charge in [-0.05, 0) is 34.5 Å². The molecule has 6 heteroatoms. The number of nitrogens with one attached hydrogen (secondary N) is 1. The van der Waals surface area contributed by atoms with Crippen LogP contribution in [0.2, 0.25) is 0 Å². The molecule has 1 N–H and O–H groups in total. The van der Waals surface area contributed by atoms with Crippen molar-refractivity contribution in [3.05, 3.63) is 77.9 Å². The number of hydrogen-bond donors (Lipinski definition) is 1. The van der Waals surface area contributed by atoms with Crippen molar-refractivity contribution in [2.45, 2.75) is 6.54 Å². The number of rotatable bonds is 5. The van der Waals surface area contributed by atoms with Crippen LogP contribution in [0.1, 0.15) is 15.9 Å². The zero-order valence-electron chi connectivity index (χ0n) is 14.6. The summed E-state index contributed by atoms with van der Waals surface area (Å²) in [6.07, 6.45) is 1.08. The molecule has 0 aliphatic heterocycles. The van der Waals surface area contributed by atoms with E-state index in [1.165, 1.54) is 0 Å². The monoisotopic (exact) mass is 368 g/mol. The van der Waals surface area contributed by atoms with Crippen molar-refractivity contribution in [2.75, 3.05) is 18.0 Å². The molecule has 0 atom stereocenters. The van der Waals surface area contributed by atoms with Crippen molar-refractivity contribution < 1.29 is 13.2 Å². The van der Waals surface area contributed by atoms with E-state index in [-0.39, 0.29) is 5.91 Å². The molecular weight excluding hydrogens is 348 g/mol. The SMILES string of the molecule is CN(Cc1cccc2ccccc12)C(=O)c1cccc(NS(C)(=O)=O)c1. The first-order valence-electron chi connectivity index (χ1n) is 8.13. The van der Waals surface area contributed by atoms with Crippen LogP contribution >= 0.6 is 0 Å². The second-order valence-electron chi connectivity index (χ2n) is 6.25. The van der Waals surface area contributed by atoms with E-state index in [4.69, 9.17) is 0 Å². The minimum atomic E-state index is -3.39. The topological polar surface area (TPSA) is 66.5 Å². The van der Waals surface area contributed by atoms with Crippen LogP contribution in [0.25, 0.3) is 10.8 Å². The highest BCUT2D eigenvalue weighted by atomic mass is 32.2. The van der Waals surface area contributed by atoms with Crippen molar-refractivity contribution in [2.24, 2.45) is 0 Å². The second-order valence-corrected chi connectivity index (χ2v) is 8.00. The Kier molecular flexibility index (Phi) is 4.95. The van der Waals surface area contributed by atoms with E-state index in [0.29, 0.717) is 17.8 Å². The number of carbonyl (C=O) groups is 1. The molecule has 26 heavy (non-hydrogen) atoms. The van der Waals surface area contributed by atoms with Gasteiger partial charge in [-0.15, -0.1) is 0 Å². The number of hydrogen-bond acceptors (Lipinski definition) is 3. The number of carbonyl (C=O) groups excluding carboxylic acids is 1. The van der Waals surface area contributed by atoms with Crippen molar-refractivity contribution in [3.63, 3.8) is 0 Å². The summed E-state index contributed by atoms with van der Waals surface area (Å²) in [5.41, 5.74) is 1.86. The summed E-state index contributed by atoms with van der Waals surface area (Å²) in [7, 11) is -1.65. The number of fused-ring (bicyclic) bond motifs is 1. The molecule has 0 aliphatic rings. The lowest BCUT2D eigenvalue weighted by Gasteiger charge is -2.19. The summed E-state index contributed by atoms with van der Waals surface area (Å²) in [5, 5.41) is 2.24. The molecule has 134 valence electrons. The van der Waals surface area contributed by atoms with E-state index in [1.807, 2.05) is 42.5 Å². The second kappa shape index (κ2) is 7.17. The molecule has 0 aromatic heterocycles. The van der Waals surface area contributed by atoms with Crippen LogP contribution in [-0.4, -0.2) is 32.5 Å². The molecule has 0 saturated carbocycles. The first-order chi connectivity index (χ1) is 12.3. The maximum absolute atomic E-state index is 12.8. The summed E-state index contributed by atoms with van der Waals surface area (Å²) in [6.45, 7) is 0.462. The van der Waals surface area contributed by atoms with Crippen molar-refractivity contribution in [3.8, 4) is 0 Å². The zero-order chi connectivity index (χ0) is 18.7. The van der Waals surface area contributed by atoms with E-state index < -0.39 is 10.0 Å². The maximum Gasteiger partial charge on any atom is 0.253 e. The Morgan fingerprint density at radius 3 is 2.46 bits per heavy atom. The van der Waals surface area contributed by atoms with Gasteiger partial charge in [0.2, 0.25) is 10.0 Å². The fourth-order valence-electron chi connectivity index (χ4n) is 2.91. The minimum absolute atomic E-state index is 0.171. The third-order valence-electron chi connectivity index (χ3n) is 4.05. The number of nitrogens with zero attached hydrogens (tertiary/aromatic N) is 1. The molecule has 0 bridgehead atoms. The number of benzene rings is 3. The van der Waals surface area contributed by atoms with Crippen LogP contribution in [0.3, 0.4) is 0 Å². The highest BCUT2D eigenvalue weighted by molar-refractivity contribution is 7.92. The van der Waals surface area contributed by atoms with Gasteiger partial charge in [-0.2, -0.15) is 0 Å². The van der Waals surface area contributed by atoms with E-state index in [2.05, 4.69) is 4.72 Å². The van der Waals surface area contributed by atoms with Gasteiger partial charge in [0.05, 0.1) is 6.26 Å². The van der Waals surface area contributed by atoms with Gasteiger partial charge in [-0.1, -0.05) is 48.5 Å². The first-order valence-corrected chi connectivity index (χ1v) is 10.0. The quantitative estimate of drug-likeness (QED) is 0.750. The number of anilines is 1. The maximum atomic E-state index is 12.8. The van der Waals surface area contributed by atoms with Crippen LogP contribution in [0.15, 0.2) is 66.7 Å². The van der Waals surface area contributed by atoms with Crippen LogP contribution in [-0.2, 0) is 16.6 Å². The fourth-order valence-corrected chi connectivity index (χ4v) is 3.46. The van der Waals surface area contributed by atoms with E-state index in [9.17, 15) is 13.2 Å². The Bertz CT molecular complexity index is 1060. The van der Waals surface area contributed by atoms with Gasteiger partial charge in [0.15, 0.2) is 0 Å². The molecule has 0 radical (unpaired) electrons. The lowest BCUT2D eigenvalue weighted by atomic mass is 10.0. The van der Waals surface area contributed by atoms with Gasteiger partial charge in [-0.3, -0.25) is 9.52 Å². The molecule has 1 amide bonds. The number of sulfonamides is 1. The fraction of sp³-hybridized carbons (Fsp3) is 0.150. The van der Waals surface area contributed by atoms with Crippen molar-refractivity contribution in [1.82, 2.24) is 4.90 Å². The molecular formula is C20H20N2O3S. The van der Waals surface area contributed by atoms with Crippen molar-refractivity contribution >= 4 is 32.4 Å². The summed E-state index contributed by atoms with van der Waals surface area (Å²) in [6, 6.07) is 20.6. The summed E-state index contributed by atoms with van der Waals surface area (Å²) in [5.74, 6) is -0.171. The average molecular weight is 368 g/mol. The number of amides is 1. The Balaban J connectivity index is 1.83. The lowest BCUT2D eigenvalue weighted by molar-refractivity contribution is 0.0785. The van der Waals surface area contributed by atoms with Gasteiger partial charge in [0.25, 0.3) is 5.91 Å². The van der Waals surface area contributed by atoms with Crippen LogP contribution in [0.4, 0.5) is 5.69 Å². The largest absolute Gasteiger partial charge is 0.337 e. The molecule has 0 fully saturated rings. The smallest absolute Gasteiger partial charge is 0.253 e. The Morgan fingerprint density at radius 2 is 1.69 bits per heavy atom. The molecule has 3 rings (SSSR count). The molecule has 3 aromatic carbocycles. The first kappa shape index (κ1) is 17.9. The third kappa shape index (κ3) is 4.21. The Morgan fingerprint density at radius 1 is 1.00 bits per heavy atom. The summed E-state index contributed by atoms with van der Waals surface area (Å²) < 4.78 is 25.1. The predicted molar refractivity (Wildman–Crippen MR) is 105 cm³/mol. The molecule has 0 heterocycles. The van der Waals surface area contributed by atoms with Crippen LogP contribution < -0.4 is 4.72 Å². The average Bonchev–Trinajstić information content (AvgIpc) is 2.60. The van der Waals surface area contributed by atoms with Gasteiger partial charge in [-0.25, -0.2) is 8.42 Å². The van der Waals surface area contributed by atoms with Gasteiger partial charge >= 0.3 is 0 Å². The predicted octanol–water partition coefficient (Wildman–Crippen LogP) is 3.48. The normalized spacial score (nSPS) is 11.3. The molecule has 0 aliphatic carbocycles. The van der Waals surface area contributed by atoms with Gasteiger partial charge in [0, 0.05) is 24.8 Å². The third-order valence-corrected chi connectivity index (χ3v) is 4.65. The van der Waals surface area contributed by atoms with Crippen molar-refractivity contribution in [1.29, 1.82) is 0 Å². The Hall–Kier alpha value is -2.86. The summed E-state index contributed by atoms with van der Waals surface area (Å²) >= 11 is 0. The molecule has 3 aromatic rings. The van der Waals surface area contributed by atoms with E-state index >= 15 is 0 Å². The minimum Gasteiger partial charge on any atom is -0.337 e. The van der Waals surface area contributed by atoms with E-state index in [1.54, 1.807) is 36.2 Å². The highest BCUT2D eigenvalue weighted by Gasteiger charge is 2.14. The van der Waals surface area contributed by atoms with Gasteiger partial charge < -0.3 is 4.90 Å². The van der Waals surface area contributed by atoms with Crippen LogP contribution in [0, 0.1) is 0 Å². The molecule has 0 unspecified atom stereocenters. The van der Waals surface area contributed by atoms with E-state index in [0.717, 1.165) is 22.6 Å². The zero-order valence-corrected chi connectivity index (χ0v) is 15.5. The molecule has 0 saturated heterocycles. The van der Waals surface area contributed by atoms with Crippen LogP contribution in [0.5, 0.6) is 0 Å². The Labute approximate surface area is 153 Å². The standard InChI is InChI=1S/C20H20N2O3S/c1-22(14-17-10-5-8-15-7-3-4-12-19(15)17)20(23)16-9-6-11-18(13-16)21-26(2,24)25/h3-13,21H,14H2,1-2H3. The summed E-state index contributed by atoms with van der Waals surface area (Å²) in [4.78, 5) is 14.4. The molecule has 0 spiro atoms.